The molecule has 1 heterocycles. The number of methoxy groups -OCH3 is 1. The lowest BCUT2D eigenvalue weighted by Gasteiger charge is -2.32. The number of hydrogen-bond acceptors (Lipinski definition) is 4. The molecule has 0 fully saturated rings. The van der Waals surface area contributed by atoms with Gasteiger partial charge < -0.3 is 9.53 Å². The van der Waals surface area contributed by atoms with Crippen LogP contribution in [0.25, 0.3) is 11.6 Å². The smallest absolute Gasteiger partial charge is 0.181 e. The van der Waals surface area contributed by atoms with Crippen LogP contribution < -0.4 is 4.74 Å². The summed E-state index contributed by atoms with van der Waals surface area (Å²) in [7, 11) is 1.73. The standard InChI is InChI=1S/C32H39NO3/c1-21(2)18-24-19-27-23(20-29(24)36-5)16-17-26-30(27)32(4,25-13-9-7-10-14-25)33-31(26)28(35)15-11-6-8-12-22(3)34/h9,13-14,18-20H,6-8,10-12,15-17H2,1-5H3. The number of hydrogen-bond donors (Lipinski definition) is 0. The number of carbonyl (C=O) groups excluding carboxylic acids is 2. The molecule has 4 heteroatoms. The molecule has 4 rings (SSSR count). The number of unbranched alkanes of at least 4 members (excludes halogenated alkanes) is 2. The van der Waals surface area contributed by atoms with Gasteiger partial charge in [-0.2, -0.15) is 0 Å². The molecule has 1 unspecified atom stereocenters. The van der Waals surface area contributed by atoms with Crippen LogP contribution in [0.1, 0.15) is 95.8 Å². The highest BCUT2D eigenvalue weighted by atomic mass is 16.5. The Morgan fingerprint density at radius 3 is 2.50 bits per heavy atom. The van der Waals surface area contributed by atoms with Gasteiger partial charge in [-0.25, -0.2) is 0 Å². The number of rotatable bonds is 10. The first-order chi connectivity index (χ1) is 17.2. The monoisotopic (exact) mass is 485 g/mol. The average molecular weight is 486 g/mol. The number of carbonyl (C=O) groups is 2. The number of aliphatic imine (C=N–C) groups is 1. The van der Waals surface area contributed by atoms with Crippen molar-refractivity contribution in [2.24, 2.45) is 4.99 Å². The van der Waals surface area contributed by atoms with Gasteiger partial charge in [0, 0.05) is 18.4 Å². The van der Waals surface area contributed by atoms with Crippen LogP contribution in [0.5, 0.6) is 5.75 Å². The Balaban J connectivity index is 1.75. The summed E-state index contributed by atoms with van der Waals surface area (Å²) in [6.45, 7) is 7.99. The summed E-state index contributed by atoms with van der Waals surface area (Å²) in [5.74, 6) is 1.24. The van der Waals surface area contributed by atoms with E-state index < -0.39 is 5.54 Å². The lowest BCUT2D eigenvalue weighted by Crippen LogP contribution is -2.26. The molecule has 2 aliphatic carbocycles. The van der Waals surface area contributed by atoms with Gasteiger partial charge in [0.25, 0.3) is 0 Å². The van der Waals surface area contributed by atoms with Crippen LogP contribution in [0, 0.1) is 0 Å². The molecular weight excluding hydrogens is 446 g/mol. The summed E-state index contributed by atoms with van der Waals surface area (Å²) in [5, 5.41) is 0. The van der Waals surface area contributed by atoms with E-state index in [4.69, 9.17) is 9.73 Å². The van der Waals surface area contributed by atoms with Crippen molar-refractivity contribution in [2.45, 2.75) is 91.0 Å². The largest absolute Gasteiger partial charge is 0.496 e. The summed E-state index contributed by atoms with van der Waals surface area (Å²) in [4.78, 5) is 30.0. The van der Waals surface area contributed by atoms with Crippen molar-refractivity contribution in [3.8, 4) is 5.75 Å². The average Bonchev–Trinajstić information content (AvgIpc) is 3.17. The molecule has 190 valence electrons. The number of benzene rings is 1. The molecule has 0 bridgehead atoms. The van der Waals surface area contributed by atoms with E-state index in [1.54, 1.807) is 14.0 Å². The second kappa shape index (κ2) is 10.9. The first-order valence-corrected chi connectivity index (χ1v) is 13.3. The molecule has 1 aromatic carbocycles. The fourth-order valence-electron chi connectivity index (χ4n) is 5.73. The highest BCUT2D eigenvalue weighted by molar-refractivity contribution is 6.49. The van der Waals surface area contributed by atoms with Crippen LogP contribution in [-0.2, 0) is 16.0 Å². The molecule has 36 heavy (non-hydrogen) atoms. The fourth-order valence-corrected chi connectivity index (χ4v) is 5.73. The number of Topliss-reactive ketones (excluding diaryl/α,β-unsaturated/α-hetero) is 2. The second-order valence-electron chi connectivity index (χ2n) is 10.7. The second-order valence-corrected chi connectivity index (χ2v) is 10.7. The van der Waals surface area contributed by atoms with Gasteiger partial charge in [-0.15, -0.1) is 0 Å². The predicted molar refractivity (Wildman–Crippen MR) is 149 cm³/mol. The molecule has 0 amide bonds. The van der Waals surface area contributed by atoms with E-state index >= 15 is 0 Å². The summed E-state index contributed by atoms with van der Waals surface area (Å²) < 4.78 is 5.74. The minimum Gasteiger partial charge on any atom is -0.496 e. The molecule has 0 spiro atoms. The molecule has 1 aromatic rings. The van der Waals surface area contributed by atoms with Crippen molar-refractivity contribution in [3.63, 3.8) is 0 Å². The lowest BCUT2D eigenvalue weighted by molar-refractivity contribution is -0.117. The SMILES string of the molecule is COc1cc2c(cc1C=C(C)C)C1=C(CC2)C(C(=O)CCCCCC(C)=O)=NC1(C)C1=CCCC=C1. The van der Waals surface area contributed by atoms with Crippen LogP contribution in [-0.4, -0.2) is 29.9 Å². The third-order valence-corrected chi connectivity index (χ3v) is 7.48. The van der Waals surface area contributed by atoms with E-state index in [2.05, 4.69) is 57.2 Å². The van der Waals surface area contributed by atoms with E-state index in [0.717, 1.165) is 61.8 Å². The van der Waals surface area contributed by atoms with Gasteiger partial charge in [0.2, 0.25) is 0 Å². The van der Waals surface area contributed by atoms with Crippen LogP contribution in [0.4, 0.5) is 0 Å². The zero-order valence-corrected chi connectivity index (χ0v) is 22.5. The Morgan fingerprint density at radius 1 is 1.06 bits per heavy atom. The zero-order chi connectivity index (χ0) is 25.9. The van der Waals surface area contributed by atoms with E-state index in [1.165, 1.54) is 27.8 Å². The Hall–Kier alpha value is -3.01. The van der Waals surface area contributed by atoms with E-state index in [-0.39, 0.29) is 11.6 Å². The van der Waals surface area contributed by atoms with Gasteiger partial charge in [-0.05, 0) is 106 Å². The number of ether oxygens (including phenoxy) is 1. The van der Waals surface area contributed by atoms with Gasteiger partial charge in [0.15, 0.2) is 5.78 Å². The van der Waals surface area contributed by atoms with Crippen molar-refractivity contribution in [2.75, 3.05) is 7.11 Å². The highest BCUT2D eigenvalue weighted by Crippen LogP contribution is 2.50. The quantitative estimate of drug-likeness (QED) is 0.324. The summed E-state index contributed by atoms with van der Waals surface area (Å²) >= 11 is 0. The van der Waals surface area contributed by atoms with Crippen LogP contribution in [0.2, 0.25) is 0 Å². The topological polar surface area (TPSA) is 55.7 Å². The molecule has 0 aromatic heterocycles. The number of allylic oxidation sites excluding steroid dienone is 4. The molecule has 1 atom stereocenters. The van der Waals surface area contributed by atoms with E-state index in [9.17, 15) is 9.59 Å². The maximum Gasteiger partial charge on any atom is 0.181 e. The van der Waals surface area contributed by atoms with Gasteiger partial charge in [-0.3, -0.25) is 9.79 Å². The van der Waals surface area contributed by atoms with Gasteiger partial charge in [-0.1, -0.05) is 36.3 Å². The number of fused-ring (bicyclic) bond motifs is 2. The minimum atomic E-state index is -0.572. The maximum absolute atomic E-state index is 13.5. The molecule has 0 saturated carbocycles. The fraction of sp³-hybridized carbons (Fsp3) is 0.469. The van der Waals surface area contributed by atoms with Crippen molar-refractivity contribution < 1.29 is 14.3 Å². The van der Waals surface area contributed by atoms with Gasteiger partial charge in [0.1, 0.15) is 22.8 Å². The van der Waals surface area contributed by atoms with E-state index in [0.29, 0.717) is 18.6 Å². The minimum absolute atomic E-state index is 0.135. The molecule has 3 aliphatic rings. The Kier molecular flexibility index (Phi) is 7.92. The first-order valence-electron chi connectivity index (χ1n) is 13.3. The summed E-state index contributed by atoms with van der Waals surface area (Å²) in [5.41, 5.74) is 8.31. The molecular formula is C32H39NO3. The van der Waals surface area contributed by atoms with E-state index in [1.807, 2.05) is 0 Å². The molecule has 0 N–H and O–H groups in total. The zero-order valence-electron chi connectivity index (χ0n) is 22.5. The molecule has 1 aliphatic heterocycles. The number of aryl methyl sites for hydroxylation is 1. The third-order valence-electron chi connectivity index (χ3n) is 7.48. The molecule has 4 nitrogen and oxygen atoms in total. The number of ketones is 2. The van der Waals surface area contributed by atoms with Gasteiger partial charge >= 0.3 is 0 Å². The Bertz CT molecular complexity index is 1220. The maximum atomic E-state index is 13.5. The predicted octanol–water partition coefficient (Wildman–Crippen LogP) is 7.42. The normalized spacial score (nSPS) is 20.4. The van der Waals surface area contributed by atoms with Crippen molar-refractivity contribution >= 4 is 28.9 Å². The third kappa shape index (κ3) is 5.23. The molecule has 0 saturated heterocycles. The van der Waals surface area contributed by atoms with Crippen molar-refractivity contribution in [1.29, 1.82) is 0 Å². The first kappa shape index (κ1) is 26.1. The van der Waals surface area contributed by atoms with Crippen LogP contribution in [0.15, 0.2) is 52.1 Å². The van der Waals surface area contributed by atoms with Crippen LogP contribution >= 0.6 is 0 Å². The van der Waals surface area contributed by atoms with Crippen molar-refractivity contribution in [1.82, 2.24) is 0 Å². The Morgan fingerprint density at radius 2 is 1.83 bits per heavy atom. The lowest BCUT2D eigenvalue weighted by atomic mass is 9.73. The highest BCUT2D eigenvalue weighted by Gasteiger charge is 2.44. The number of nitrogens with zero attached hydrogens (tertiary/aromatic N) is 1. The van der Waals surface area contributed by atoms with Gasteiger partial charge in [0.05, 0.1) is 7.11 Å². The van der Waals surface area contributed by atoms with Crippen LogP contribution in [0.3, 0.4) is 0 Å². The molecule has 0 radical (unpaired) electrons. The van der Waals surface area contributed by atoms with Crippen molar-refractivity contribution in [3.05, 3.63) is 63.8 Å². The summed E-state index contributed by atoms with van der Waals surface area (Å²) in [6.07, 6.45) is 16.2. The Labute approximate surface area is 215 Å². The summed E-state index contributed by atoms with van der Waals surface area (Å²) in [6, 6.07) is 4.42.